The van der Waals surface area contributed by atoms with Crippen molar-refractivity contribution in [2.45, 2.75) is 43.9 Å². The van der Waals surface area contributed by atoms with Gasteiger partial charge in [-0.05, 0) is 37.9 Å². The maximum Gasteiger partial charge on any atom is 0.155 e. The van der Waals surface area contributed by atoms with Crippen molar-refractivity contribution in [1.29, 1.82) is 0 Å². The van der Waals surface area contributed by atoms with Gasteiger partial charge in [0.1, 0.15) is 5.75 Å². The van der Waals surface area contributed by atoms with E-state index in [1.807, 2.05) is 13.0 Å². The van der Waals surface area contributed by atoms with Gasteiger partial charge in [-0.2, -0.15) is 0 Å². The van der Waals surface area contributed by atoms with Crippen molar-refractivity contribution in [1.82, 2.24) is 10.3 Å². The highest BCUT2D eigenvalue weighted by molar-refractivity contribution is 7.92. The molecule has 0 radical (unpaired) electrons. The summed E-state index contributed by atoms with van der Waals surface area (Å²) in [5, 5.41) is 2.78. The Morgan fingerprint density at radius 1 is 1.43 bits per heavy atom. The molecule has 6 heteroatoms. The molecule has 2 heterocycles. The van der Waals surface area contributed by atoms with E-state index in [0.29, 0.717) is 18.8 Å². The van der Waals surface area contributed by atoms with Gasteiger partial charge in [0, 0.05) is 6.20 Å². The van der Waals surface area contributed by atoms with E-state index >= 15 is 0 Å². The predicted molar refractivity (Wildman–Crippen MR) is 83.2 cm³/mol. The molecule has 2 atom stereocenters. The highest BCUT2D eigenvalue weighted by atomic mass is 32.2. The molecule has 1 aliphatic heterocycles. The summed E-state index contributed by atoms with van der Waals surface area (Å²) in [6.07, 6.45) is 6.75. The van der Waals surface area contributed by atoms with Gasteiger partial charge in [-0.3, -0.25) is 4.98 Å². The monoisotopic (exact) mass is 312 g/mol. The molecule has 1 aromatic rings. The third-order valence-corrected chi connectivity index (χ3v) is 6.17. The number of nitrogens with zero attached hydrogens (tertiary/aromatic N) is 1. The van der Waals surface area contributed by atoms with Crippen LogP contribution in [0.15, 0.2) is 18.5 Å². The Kier molecular flexibility index (Phi) is 5.58. The van der Waals surface area contributed by atoms with Gasteiger partial charge in [-0.25, -0.2) is 8.42 Å². The molecule has 0 amide bonds. The fraction of sp³-hybridized carbons (Fsp3) is 0.667. The molecule has 0 aliphatic carbocycles. The van der Waals surface area contributed by atoms with Crippen molar-refractivity contribution in [3.05, 3.63) is 24.0 Å². The van der Waals surface area contributed by atoms with Crippen LogP contribution in [0.25, 0.3) is 0 Å². The molecule has 1 N–H and O–H groups in total. The van der Waals surface area contributed by atoms with Crippen LogP contribution < -0.4 is 10.1 Å². The van der Waals surface area contributed by atoms with Gasteiger partial charge >= 0.3 is 0 Å². The van der Waals surface area contributed by atoms with E-state index in [9.17, 15) is 8.42 Å². The van der Waals surface area contributed by atoms with E-state index in [1.165, 1.54) is 0 Å². The zero-order valence-electron chi connectivity index (χ0n) is 12.7. The topological polar surface area (TPSA) is 68.3 Å². The molecule has 2 rings (SSSR count). The van der Waals surface area contributed by atoms with Crippen LogP contribution in [0.2, 0.25) is 0 Å². The van der Waals surface area contributed by atoms with E-state index in [-0.39, 0.29) is 17.0 Å². The van der Waals surface area contributed by atoms with Crippen LogP contribution in [0.1, 0.15) is 44.2 Å². The molecule has 1 fully saturated rings. The zero-order chi connectivity index (χ0) is 15.3. The first-order valence-electron chi connectivity index (χ1n) is 7.55. The van der Waals surface area contributed by atoms with Crippen molar-refractivity contribution in [2.24, 2.45) is 0 Å². The highest BCUT2D eigenvalue weighted by Gasteiger charge is 2.35. The van der Waals surface area contributed by atoms with Crippen molar-refractivity contribution >= 4 is 9.84 Å². The minimum Gasteiger partial charge on any atom is -0.492 e. The lowest BCUT2D eigenvalue weighted by molar-refractivity contribution is 0.315. The van der Waals surface area contributed by atoms with Crippen LogP contribution in [0.4, 0.5) is 0 Å². The molecule has 0 aromatic carbocycles. The van der Waals surface area contributed by atoms with Gasteiger partial charge < -0.3 is 10.1 Å². The number of nitrogens with one attached hydrogen (secondary N) is 1. The van der Waals surface area contributed by atoms with Crippen molar-refractivity contribution < 1.29 is 13.2 Å². The van der Waals surface area contributed by atoms with E-state index in [0.717, 1.165) is 24.8 Å². The second-order valence-corrected chi connectivity index (χ2v) is 7.81. The minimum absolute atomic E-state index is 0.229. The average Bonchev–Trinajstić information content (AvgIpc) is 2.48. The molecule has 1 aliphatic rings. The fourth-order valence-corrected chi connectivity index (χ4v) is 4.97. The van der Waals surface area contributed by atoms with Crippen LogP contribution >= 0.6 is 0 Å². The lowest BCUT2D eigenvalue weighted by Gasteiger charge is -2.30. The van der Waals surface area contributed by atoms with Gasteiger partial charge in [-0.1, -0.05) is 13.3 Å². The zero-order valence-corrected chi connectivity index (χ0v) is 13.5. The first-order valence-corrected chi connectivity index (χ1v) is 9.26. The van der Waals surface area contributed by atoms with E-state index in [1.54, 1.807) is 19.4 Å². The molecule has 1 aromatic heterocycles. The Morgan fingerprint density at radius 2 is 2.24 bits per heavy atom. The minimum atomic E-state index is -3.04. The standard InChI is InChI=1S/C15H24N2O3S/c1-3-7-20-13-9-12(10-17-11-13)15(16-2)14-6-4-5-8-21(14,18)19/h9-11,14-16H,3-8H2,1-2H3. The van der Waals surface area contributed by atoms with Gasteiger partial charge in [0.05, 0.1) is 29.8 Å². The number of ether oxygens (including phenoxy) is 1. The smallest absolute Gasteiger partial charge is 0.155 e. The molecule has 5 nitrogen and oxygen atoms in total. The summed E-state index contributed by atoms with van der Waals surface area (Å²) < 4.78 is 30.2. The lowest BCUT2D eigenvalue weighted by Crippen LogP contribution is -2.39. The third-order valence-electron chi connectivity index (χ3n) is 3.88. The molecular weight excluding hydrogens is 288 g/mol. The highest BCUT2D eigenvalue weighted by Crippen LogP contribution is 2.31. The predicted octanol–water partition coefficient (Wildman–Crippen LogP) is 2.10. The Labute approximate surface area is 127 Å². The van der Waals surface area contributed by atoms with Gasteiger partial charge in [-0.15, -0.1) is 0 Å². The van der Waals surface area contributed by atoms with E-state index in [2.05, 4.69) is 10.3 Å². The second kappa shape index (κ2) is 7.22. The SMILES string of the molecule is CCCOc1cncc(C(NC)C2CCCCS2(=O)=O)c1. The van der Waals surface area contributed by atoms with Gasteiger partial charge in [0.2, 0.25) is 0 Å². The summed E-state index contributed by atoms with van der Waals surface area (Å²) in [5.74, 6) is 0.984. The summed E-state index contributed by atoms with van der Waals surface area (Å²) in [7, 11) is -1.24. The molecule has 0 spiro atoms. The first-order chi connectivity index (χ1) is 10.1. The Bertz CT molecular complexity index is 560. The van der Waals surface area contributed by atoms with Crippen molar-refractivity contribution in [3.63, 3.8) is 0 Å². The van der Waals surface area contributed by atoms with Crippen LogP contribution in [-0.2, 0) is 9.84 Å². The van der Waals surface area contributed by atoms with E-state index in [4.69, 9.17) is 4.74 Å². The van der Waals surface area contributed by atoms with Crippen LogP contribution in [0.3, 0.4) is 0 Å². The van der Waals surface area contributed by atoms with Crippen LogP contribution in [0, 0.1) is 0 Å². The van der Waals surface area contributed by atoms with Gasteiger partial charge in [0.15, 0.2) is 9.84 Å². The Morgan fingerprint density at radius 3 is 2.90 bits per heavy atom. The number of sulfone groups is 1. The lowest BCUT2D eigenvalue weighted by atomic mass is 10.0. The Balaban J connectivity index is 2.24. The maximum atomic E-state index is 12.3. The summed E-state index contributed by atoms with van der Waals surface area (Å²) in [5.41, 5.74) is 0.876. The number of pyridine rings is 1. The fourth-order valence-electron chi connectivity index (χ4n) is 2.83. The molecule has 21 heavy (non-hydrogen) atoms. The number of hydrogen-bond acceptors (Lipinski definition) is 5. The molecular formula is C15H24N2O3S. The third kappa shape index (κ3) is 3.95. The van der Waals surface area contributed by atoms with Crippen molar-refractivity contribution in [2.75, 3.05) is 19.4 Å². The Hall–Kier alpha value is -1.14. The van der Waals surface area contributed by atoms with Gasteiger partial charge in [0.25, 0.3) is 0 Å². The number of rotatable bonds is 6. The average molecular weight is 312 g/mol. The van der Waals surface area contributed by atoms with Crippen LogP contribution in [-0.4, -0.2) is 38.1 Å². The molecule has 1 saturated heterocycles. The molecule has 0 saturated carbocycles. The maximum absolute atomic E-state index is 12.3. The number of aromatic nitrogens is 1. The van der Waals surface area contributed by atoms with Crippen molar-refractivity contribution in [3.8, 4) is 5.75 Å². The summed E-state index contributed by atoms with van der Waals surface area (Å²) in [6, 6.07) is 1.67. The summed E-state index contributed by atoms with van der Waals surface area (Å²) >= 11 is 0. The molecule has 2 unspecified atom stereocenters. The van der Waals surface area contributed by atoms with E-state index < -0.39 is 9.84 Å². The largest absolute Gasteiger partial charge is 0.492 e. The summed E-state index contributed by atoms with van der Waals surface area (Å²) in [6.45, 7) is 2.68. The first kappa shape index (κ1) is 16.2. The second-order valence-electron chi connectivity index (χ2n) is 5.47. The molecule has 118 valence electrons. The molecule has 0 bridgehead atoms. The number of hydrogen-bond donors (Lipinski definition) is 1. The van der Waals surface area contributed by atoms with Crippen LogP contribution in [0.5, 0.6) is 5.75 Å². The normalized spacial score (nSPS) is 22.7. The quantitative estimate of drug-likeness (QED) is 0.871. The summed E-state index contributed by atoms with van der Waals surface area (Å²) in [4.78, 5) is 4.19.